The second-order valence-electron chi connectivity index (χ2n) is 11.5. The predicted octanol–water partition coefficient (Wildman–Crippen LogP) is 3.98. The number of aromatic nitrogens is 1. The van der Waals surface area contributed by atoms with Crippen LogP contribution in [0.2, 0.25) is 0 Å². The maximum Gasteiger partial charge on any atom is 0.250 e. The summed E-state index contributed by atoms with van der Waals surface area (Å²) in [5.74, 6) is 1.80. The molecule has 1 N–H and O–H groups in total. The van der Waals surface area contributed by atoms with E-state index in [-0.39, 0.29) is 35.1 Å². The molecule has 3 atom stereocenters. The van der Waals surface area contributed by atoms with Crippen LogP contribution in [0.15, 0.2) is 53.3 Å². The molecule has 2 aromatic rings. The molecule has 1 aromatic heterocycles. The lowest BCUT2D eigenvalue weighted by atomic mass is 9.76. The third-order valence-electron chi connectivity index (χ3n) is 8.77. The van der Waals surface area contributed by atoms with Crippen molar-refractivity contribution in [3.63, 3.8) is 0 Å². The van der Waals surface area contributed by atoms with Crippen LogP contribution < -0.4 is 10.9 Å². The Kier molecular flexibility index (Phi) is 7.31. The first kappa shape index (κ1) is 24.8. The fraction of sp³-hybridized carbons (Fsp3) is 0.567. The molecule has 2 amide bonds. The van der Waals surface area contributed by atoms with Crippen molar-refractivity contribution < 1.29 is 9.59 Å². The first-order valence-electron chi connectivity index (χ1n) is 13.7. The number of amides is 2. The lowest BCUT2D eigenvalue weighted by Crippen LogP contribution is -2.56. The van der Waals surface area contributed by atoms with Gasteiger partial charge < -0.3 is 14.8 Å². The fourth-order valence-electron chi connectivity index (χ4n) is 6.68. The smallest absolute Gasteiger partial charge is 0.250 e. The van der Waals surface area contributed by atoms with Gasteiger partial charge in [0.15, 0.2) is 0 Å². The second-order valence-corrected chi connectivity index (χ2v) is 11.5. The molecule has 6 nitrogen and oxygen atoms in total. The van der Waals surface area contributed by atoms with Gasteiger partial charge in [0.25, 0.3) is 5.56 Å². The molecule has 0 radical (unpaired) electrons. The van der Waals surface area contributed by atoms with Gasteiger partial charge in [0.2, 0.25) is 11.8 Å². The predicted molar refractivity (Wildman–Crippen MR) is 140 cm³/mol. The van der Waals surface area contributed by atoms with Crippen LogP contribution in [0.1, 0.15) is 63.1 Å². The number of fused-ring (bicyclic) bond motifs is 4. The summed E-state index contributed by atoms with van der Waals surface area (Å²) in [6.45, 7) is 6.42. The Morgan fingerprint density at radius 3 is 2.42 bits per heavy atom. The lowest BCUT2D eigenvalue weighted by molar-refractivity contribution is -0.140. The molecule has 6 heteroatoms. The highest BCUT2D eigenvalue weighted by atomic mass is 16.2. The summed E-state index contributed by atoms with van der Waals surface area (Å²) in [4.78, 5) is 41.6. The van der Waals surface area contributed by atoms with E-state index in [4.69, 9.17) is 0 Å². The van der Waals surface area contributed by atoms with Crippen molar-refractivity contribution in [3.8, 4) is 0 Å². The molecule has 1 aromatic carbocycles. The molecule has 1 saturated heterocycles. The van der Waals surface area contributed by atoms with E-state index in [1.807, 2.05) is 51.9 Å². The molecule has 1 aliphatic carbocycles. The van der Waals surface area contributed by atoms with Crippen LogP contribution >= 0.6 is 0 Å². The van der Waals surface area contributed by atoms with Gasteiger partial charge >= 0.3 is 0 Å². The number of hydrogen-bond donors (Lipinski definition) is 1. The van der Waals surface area contributed by atoms with Gasteiger partial charge in [0.1, 0.15) is 6.04 Å². The summed E-state index contributed by atoms with van der Waals surface area (Å²) in [6, 6.07) is 14.9. The summed E-state index contributed by atoms with van der Waals surface area (Å²) in [6.07, 6.45) is 5.47. The van der Waals surface area contributed by atoms with E-state index in [0.717, 1.165) is 43.4 Å². The summed E-state index contributed by atoms with van der Waals surface area (Å²) in [5, 5.41) is 3.18. The van der Waals surface area contributed by atoms with Gasteiger partial charge in [-0.1, -0.05) is 50.2 Å². The van der Waals surface area contributed by atoms with E-state index in [9.17, 15) is 14.4 Å². The van der Waals surface area contributed by atoms with E-state index >= 15 is 0 Å². The van der Waals surface area contributed by atoms with Gasteiger partial charge in [-0.25, -0.2) is 0 Å². The molecular weight excluding hydrogens is 450 g/mol. The molecule has 2 bridgehead atoms. The van der Waals surface area contributed by atoms with Crippen molar-refractivity contribution in [2.24, 2.45) is 23.7 Å². The Bertz CT molecular complexity index is 1130. The minimum atomic E-state index is -0.570. The maximum absolute atomic E-state index is 13.9. The molecule has 1 saturated carbocycles. The van der Waals surface area contributed by atoms with Gasteiger partial charge in [-0.05, 0) is 61.5 Å². The van der Waals surface area contributed by atoms with Crippen LogP contribution in [0.3, 0.4) is 0 Å². The lowest BCUT2D eigenvalue weighted by Gasteiger charge is -2.43. The SMILES string of the molecule is CC(C)C1CCC(C(=O)NC(Cc2ccccc2)C(=O)N2CC3CC(C2)c2cccc(=O)n2C3)CC1. The molecule has 192 valence electrons. The highest BCUT2D eigenvalue weighted by molar-refractivity contribution is 5.89. The van der Waals surface area contributed by atoms with Crippen molar-refractivity contribution in [2.75, 3.05) is 13.1 Å². The molecule has 2 fully saturated rings. The molecule has 3 unspecified atom stereocenters. The standard InChI is InChI=1S/C30H39N3O3/c1-20(2)23-11-13-24(14-12-23)29(35)31-26(16-21-7-4-3-5-8-21)30(36)32-17-22-15-25(19-32)27-9-6-10-28(34)33(27)18-22/h3-10,20,22-26H,11-19H2,1-2H3,(H,31,35). The molecule has 3 aliphatic rings. The summed E-state index contributed by atoms with van der Waals surface area (Å²) >= 11 is 0. The minimum absolute atomic E-state index is 0.00416. The number of nitrogens with one attached hydrogen (secondary N) is 1. The molecule has 2 aliphatic heterocycles. The number of carbonyl (C=O) groups is 2. The molecule has 3 heterocycles. The van der Waals surface area contributed by atoms with Crippen LogP contribution in [0.5, 0.6) is 0 Å². The number of pyridine rings is 1. The van der Waals surface area contributed by atoms with Gasteiger partial charge in [0, 0.05) is 49.7 Å². The van der Waals surface area contributed by atoms with E-state index in [1.165, 1.54) is 0 Å². The minimum Gasteiger partial charge on any atom is -0.344 e. The maximum atomic E-state index is 13.9. The Hall–Kier alpha value is -2.89. The van der Waals surface area contributed by atoms with Crippen molar-refractivity contribution in [2.45, 2.75) is 70.9 Å². The van der Waals surface area contributed by atoms with E-state index in [1.54, 1.807) is 6.07 Å². The molecule has 0 spiro atoms. The number of piperidine rings is 1. The average molecular weight is 490 g/mol. The topological polar surface area (TPSA) is 71.4 Å². The van der Waals surface area contributed by atoms with Crippen LogP contribution in [0.25, 0.3) is 0 Å². The third-order valence-corrected chi connectivity index (χ3v) is 8.77. The van der Waals surface area contributed by atoms with Crippen molar-refractivity contribution in [1.29, 1.82) is 0 Å². The third kappa shape index (κ3) is 5.28. The highest BCUT2D eigenvalue weighted by Gasteiger charge is 2.39. The summed E-state index contributed by atoms with van der Waals surface area (Å²) < 4.78 is 1.89. The zero-order valence-electron chi connectivity index (χ0n) is 21.6. The largest absolute Gasteiger partial charge is 0.344 e. The molecule has 5 rings (SSSR count). The number of hydrogen-bond acceptors (Lipinski definition) is 3. The Morgan fingerprint density at radius 2 is 1.69 bits per heavy atom. The highest BCUT2D eigenvalue weighted by Crippen LogP contribution is 2.36. The van der Waals surface area contributed by atoms with Gasteiger partial charge in [-0.2, -0.15) is 0 Å². The van der Waals surface area contributed by atoms with Crippen molar-refractivity contribution in [1.82, 2.24) is 14.8 Å². The van der Waals surface area contributed by atoms with Gasteiger partial charge in [0.05, 0.1) is 0 Å². The summed E-state index contributed by atoms with van der Waals surface area (Å²) in [5.41, 5.74) is 2.12. The Labute approximate surface area is 214 Å². The Morgan fingerprint density at radius 1 is 0.944 bits per heavy atom. The molecular formula is C30H39N3O3. The zero-order valence-corrected chi connectivity index (χ0v) is 21.6. The quantitative estimate of drug-likeness (QED) is 0.667. The fourth-order valence-corrected chi connectivity index (χ4v) is 6.68. The van der Waals surface area contributed by atoms with E-state index in [0.29, 0.717) is 37.9 Å². The number of carbonyl (C=O) groups excluding carboxylic acids is 2. The monoisotopic (exact) mass is 489 g/mol. The number of nitrogens with zero attached hydrogens (tertiary/aromatic N) is 2. The van der Waals surface area contributed by atoms with Gasteiger partial charge in [-0.3, -0.25) is 14.4 Å². The molecule has 36 heavy (non-hydrogen) atoms. The van der Waals surface area contributed by atoms with E-state index < -0.39 is 6.04 Å². The second kappa shape index (κ2) is 10.6. The van der Waals surface area contributed by atoms with Crippen LogP contribution in [-0.4, -0.2) is 40.4 Å². The number of rotatable bonds is 6. The summed E-state index contributed by atoms with van der Waals surface area (Å²) in [7, 11) is 0. The average Bonchev–Trinajstić information content (AvgIpc) is 2.89. The first-order valence-corrected chi connectivity index (χ1v) is 13.7. The van der Waals surface area contributed by atoms with Crippen molar-refractivity contribution in [3.05, 3.63) is 70.1 Å². The van der Waals surface area contributed by atoms with Crippen LogP contribution in [-0.2, 0) is 22.6 Å². The van der Waals surface area contributed by atoms with Crippen molar-refractivity contribution >= 4 is 11.8 Å². The zero-order chi connectivity index (χ0) is 25.2. The van der Waals surface area contributed by atoms with Crippen LogP contribution in [0, 0.1) is 23.7 Å². The van der Waals surface area contributed by atoms with Crippen LogP contribution in [0.4, 0.5) is 0 Å². The van der Waals surface area contributed by atoms with E-state index in [2.05, 4.69) is 19.2 Å². The normalized spacial score (nSPS) is 26.2. The Balaban J connectivity index is 1.31. The van der Waals surface area contributed by atoms with Gasteiger partial charge in [-0.15, -0.1) is 0 Å². The number of likely N-dealkylation sites (tertiary alicyclic amines) is 1. The first-order chi connectivity index (χ1) is 17.4. The number of benzene rings is 1.